The van der Waals surface area contributed by atoms with Gasteiger partial charge >= 0.3 is 5.97 Å². The van der Waals surface area contributed by atoms with E-state index in [-0.39, 0.29) is 5.91 Å². The van der Waals surface area contributed by atoms with E-state index in [2.05, 4.69) is 0 Å². The number of carboxylic acids is 1. The molecule has 2 aromatic rings. The number of para-hydroxylation sites is 1. The zero-order valence-corrected chi connectivity index (χ0v) is 16.1. The highest BCUT2D eigenvalue weighted by Gasteiger charge is 2.36. The van der Waals surface area contributed by atoms with Gasteiger partial charge in [0.2, 0.25) is 0 Å². The predicted molar refractivity (Wildman–Crippen MR) is 108 cm³/mol. The van der Waals surface area contributed by atoms with Gasteiger partial charge in [0.1, 0.15) is 5.70 Å². The highest BCUT2D eigenvalue weighted by Crippen LogP contribution is 2.31. The Labute approximate surface area is 167 Å². The van der Waals surface area contributed by atoms with E-state index in [4.69, 9.17) is 26.8 Å². The maximum atomic E-state index is 12.9. The molecule has 1 N–H and O–H groups in total. The predicted octanol–water partition coefficient (Wildman–Crippen LogP) is 2.76. The molecular formula is C20H18N2O5S. The van der Waals surface area contributed by atoms with Crippen molar-refractivity contribution in [3.8, 4) is 11.5 Å². The van der Waals surface area contributed by atoms with E-state index >= 15 is 0 Å². The lowest BCUT2D eigenvalue weighted by Crippen LogP contribution is -2.30. The van der Waals surface area contributed by atoms with Crippen LogP contribution >= 0.6 is 12.2 Å². The number of methoxy groups -OCH3 is 1. The molecule has 7 nitrogen and oxygen atoms in total. The largest absolute Gasteiger partial charge is 0.493 e. The van der Waals surface area contributed by atoms with E-state index in [1.165, 1.54) is 12.0 Å². The Hall–Kier alpha value is -3.39. The minimum Gasteiger partial charge on any atom is -0.493 e. The second-order valence-corrected chi connectivity index (χ2v) is 6.31. The van der Waals surface area contributed by atoms with Gasteiger partial charge in [-0.3, -0.25) is 9.69 Å². The number of likely N-dealkylation sites (N-methyl/N-ethyl adjacent to an activating group) is 1. The van der Waals surface area contributed by atoms with E-state index < -0.39 is 12.6 Å². The maximum Gasteiger partial charge on any atom is 0.341 e. The lowest BCUT2D eigenvalue weighted by molar-refractivity contribution is -0.139. The number of thiocarbonyl (C=S) groups is 1. The van der Waals surface area contributed by atoms with Crippen LogP contribution in [-0.4, -0.2) is 47.8 Å². The summed E-state index contributed by atoms with van der Waals surface area (Å²) in [6, 6.07) is 14.2. The number of aliphatic carboxylic acids is 1. The molecule has 0 atom stereocenters. The van der Waals surface area contributed by atoms with Gasteiger partial charge in [-0.2, -0.15) is 0 Å². The number of nitrogens with zero attached hydrogens (tertiary/aromatic N) is 2. The SMILES string of the molecule is COc1cc(/C=C2/C(=O)N(c3ccccc3)C(=S)N2C)ccc1OCC(=O)O. The number of amides is 1. The third-order valence-electron chi connectivity index (χ3n) is 4.12. The number of hydrogen-bond acceptors (Lipinski definition) is 5. The van der Waals surface area contributed by atoms with Crippen LogP contribution in [0.15, 0.2) is 54.2 Å². The molecule has 0 saturated carbocycles. The molecule has 1 aliphatic rings. The van der Waals surface area contributed by atoms with Crippen molar-refractivity contribution in [3.63, 3.8) is 0 Å². The standard InChI is InChI=1S/C20H18N2O5S/c1-21-15(19(25)22(20(21)28)14-6-4-3-5-7-14)10-13-8-9-16(17(11-13)26-2)27-12-18(23)24/h3-11H,12H2,1-2H3,(H,23,24)/b15-10-. The van der Waals surface area contributed by atoms with Crippen molar-refractivity contribution in [3.05, 3.63) is 59.8 Å². The summed E-state index contributed by atoms with van der Waals surface area (Å²) >= 11 is 5.43. The van der Waals surface area contributed by atoms with Crippen molar-refractivity contribution in [2.24, 2.45) is 0 Å². The first-order chi connectivity index (χ1) is 13.4. The van der Waals surface area contributed by atoms with Gasteiger partial charge < -0.3 is 19.5 Å². The van der Waals surface area contributed by atoms with E-state index in [0.717, 1.165) is 0 Å². The number of hydrogen-bond donors (Lipinski definition) is 1. The highest BCUT2D eigenvalue weighted by atomic mass is 32.1. The number of ether oxygens (including phenoxy) is 2. The summed E-state index contributed by atoms with van der Waals surface area (Å²) in [7, 11) is 3.19. The molecule has 8 heteroatoms. The Morgan fingerprint density at radius 3 is 2.54 bits per heavy atom. The first-order valence-electron chi connectivity index (χ1n) is 8.34. The zero-order valence-electron chi connectivity index (χ0n) is 15.3. The summed E-state index contributed by atoms with van der Waals surface area (Å²) in [5, 5.41) is 9.13. The van der Waals surface area contributed by atoms with Gasteiger partial charge in [0.25, 0.3) is 5.91 Å². The first kappa shape index (κ1) is 19.4. The minimum atomic E-state index is -1.08. The van der Waals surface area contributed by atoms with Crippen molar-refractivity contribution in [1.82, 2.24) is 4.90 Å². The number of benzene rings is 2. The molecule has 28 heavy (non-hydrogen) atoms. The van der Waals surface area contributed by atoms with Crippen molar-refractivity contribution in [2.75, 3.05) is 25.7 Å². The van der Waals surface area contributed by atoms with Crippen LogP contribution in [0.25, 0.3) is 6.08 Å². The molecule has 0 bridgehead atoms. The normalized spacial score (nSPS) is 15.3. The number of carbonyl (C=O) groups is 2. The molecule has 1 amide bonds. The molecule has 0 aromatic heterocycles. The van der Waals surface area contributed by atoms with Crippen LogP contribution in [0.4, 0.5) is 5.69 Å². The van der Waals surface area contributed by atoms with Crippen LogP contribution in [0.5, 0.6) is 11.5 Å². The number of anilines is 1. The first-order valence-corrected chi connectivity index (χ1v) is 8.74. The molecule has 2 aromatic carbocycles. The molecule has 0 radical (unpaired) electrons. The van der Waals surface area contributed by atoms with Crippen LogP contribution in [-0.2, 0) is 9.59 Å². The van der Waals surface area contributed by atoms with Gasteiger partial charge in [-0.15, -0.1) is 0 Å². The molecule has 0 aliphatic carbocycles. The number of rotatable bonds is 6. The monoisotopic (exact) mass is 398 g/mol. The van der Waals surface area contributed by atoms with Gasteiger partial charge in [0.15, 0.2) is 23.2 Å². The summed E-state index contributed by atoms with van der Waals surface area (Å²) in [5.74, 6) is -0.643. The lowest BCUT2D eigenvalue weighted by Gasteiger charge is -2.16. The van der Waals surface area contributed by atoms with Crippen LogP contribution in [0, 0.1) is 0 Å². The van der Waals surface area contributed by atoms with Gasteiger partial charge in [-0.1, -0.05) is 24.3 Å². The van der Waals surface area contributed by atoms with Gasteiger partial charge in [0, 0.05) is 7.05 Å². The summed E-state index contributed by atoms with van der Waals surface area (Å²) in [5.41, 5.74) is 1.80. The average molecular weight is 398 g/mol. The van der Waals surface area contributed by atoms with Crippen LogP contribution in [0.2, 0.25) is 0 Å². The second-order valence-electron chi connectivity index (χ2n) is 5.94. The quantitative estimate of drug-likeness (QED) is 0.592. The molecule has 1 heterocycles. The smallest absolute Gasteiger partial charge is 0.341 e. The third kappa shape index (κ3) is 3.81. The van der Waals surface area contributed by atoms with Gasteiger partial charge in [-0.05, 0) is 48.1 Å². The molecule has 1 fully saturated rings. The number of carbonyl (C=O) groups excluding carboxylic acids is 1. The van der Waals surface area contributed by atoms with Crippen molar-refractivity contribution >= 4 is 41.0 Å². The van der Waals surface area contributed by atoms with Crippen LogP contribution in [0.1, 0.15) is 5.56 Å². The maximum absolute atomic E-state index is 12.9. The second kappa shape index (κ2) is 8.10. The van der Waals surface area contributed by atoms with Gasteiger partial charge in [0.05, 0.1) is 12.8 Å². The van der Waals surface area contributed by atoms with Crippen LogP contribution < -0.4 is 14.4 Å². The zero-order chi connectivity index (χ0) is 20.3. The Balaban J connectivity index is 1.91. The summed E-state index contributed by atoms with van der Waals surface area (Å²) < 4.78 is 10.5. The Morgan fingerprint density at radius 1 is 1.18 bits per heavy atom. The Kier molecular flexibility index (Phi) is 5.60. The topological polar surface area (TPSA) is 79.3 Å². The summed E-state index contributed by atoms with van der Waals surface area (Å²) in [6.45, 7) is -0.474. The Morgan fingerprint density at radius 2 is 1.89 bits per heavy atom. The number of carboxylic acid groups (broad SMARTS) is 1. The van der Waals surface area contributed by atoms with Gasteiger partial charge in [-0.25, -0.2) is 4.79 Å². The average Bonchev–Trinajstić information content (AvgIpc) is 2.90. The fourth-order valence-electron chi connectivity index (χ4n) is 2.75. The van der Waals surface area contributed by atoms with E-state index in [0.29, 0.717) is 33.6 Å². The Bertz CT molecular complexity index is 958. The molecule has 3 rings (SSSR count). The molecule has 144 valence electrons. The summed E-state index contributed by atoms with van der Waals surface area (Å²) in [6.07, 6.45) is 1.70. The van der Waals surface area contributed by atoms with Crippen molar-refractivity contribution in [1.29, 1.82) is 0 Å². The highest BCUT2D eigenvalue weighted by molar-refractivity contribution is 7.80. The van der Waals surface area contributed by atoms with Crippen LogP contribution in [0.3, 0.4) is 0 Å². The van der Waals surface area contributed by atoms with E-state index in [1.54, 1.807) is 36.2 Å². The van der Waals surface area contributed by atoms with Crippen molar-refractivity contribution < 1.29 is 24.2 Å². The summed E-state index contributed by atoms with van der Waals surface area (Å²) in [4.78, 5) is 26.7. The fourth-order valence-corrected chi connectivity index (χ4v) is 3.04. The van der Waals surface area contributed by atoms with E-state index in [9.17, 15) is 9.59 Å². The third-order valence-corrected chi connectivity index (χ3v) is 4.57. The molecular weight excluding hydrogens is 380 g/mol. The lowest BCUT2D eigenvalue weighted by atomic mass is 10.1. The molecule has 0 spiro atoms. The molecule has 1 saturated heterocycles. The fraction of sp³-hybridized carbons (Fsp3) is 0.150. The van der Waals surface area contributed by atoms with E-state index in [1.807, 2.05) is 30.3 Å². The van der Waals surface area contributed by atoms with Crippen molar-refractivity contribution in [2.45, 2.75) is 0 Å². The molecule has 0 unspecified atom stereocenters. The molecule has 1 aliphatic heterocycles. The minimum absolute atomic E-state index is 0.233.